The second-order valence-electron chi connectivity index (χ2n) is 2.31. The number of amides is 2. The lowest BCUT2D eigenvalue weighted by Gasteiger charge is -2.01. The number of anilines is 1. The molecule has 2 amide bonds. The zero-order valence-electron chi connectivity index (χ0n) is 6.91. The van der Waals surface area contributed by atoms with Crippen LogP contribution < -0.4 is 10.6 Å². The Labute approximate surface area is 87.4 Å². The Hall–Kier alpha value is -1.50. The van der Waals surface area contributed by atoms with Crippen LogP contribution in [0.15, 0.2) is 21.2 Å². The number of furan rings is 1. The summed E-state index contributed by atoms with van der Waals surface area (Å²) < 4.78 is 5.44. The Bertz CT molecular complexity index is 349. The van der Waals surface area contributed by atoms with Crippen molar-refractivity contribution in [1.82, 2.24) is 5.32 Å². The summed E-state index contributed by atoms with van der Waals surface area (Å²) in [5.74, 6) is -0.875. The SMILES string of the molecule is O=C(O)CNC(=O)Nc1ccc(Br)o1. The molecule has 14 heavy (non-hydrogen) atoms. The van der Waals surface area contributed by atoms with Crippen LogP contribution in [0.3, 0.4) is 0 Å². The van der Waals surface area contributed by atoms with Crippen LogP contribution in [-0.2, 0) is 4.79 Å². The second-order valence-corrected chi connectivity index (χ2v) is 3.09. The fraction of sp³-hybridized carbons (Fsp3) is 0.143. The van der Waals surface area contributed by atoms with E-state index in [9.17, 15) is 9.59 Å². The highest BCUT2D eigenvalue weighted by molar-refractivity contribution is 9.10. The molecule has 0 bridgehead atoms. The van der Waals surface area contributed by atoms with Crippen LogP contribution in [0.25, 0.3) is 0 Å². The molecule has 0 saturated carbocycles. The molecule has 76 valence electrons. The van der Waals surface area contributed by atoms with Gasteiger partial charge in [0.25, 0.3) is 0 Å². The Kier molecular flexibility index (Phi) is 3.52. The molecule has 0 spiro atoms. The van der Waals surface area contributed by atoms with E-state index < -0.39 is 18.5 Å². The van der Waals surface area contributed by atoms with Gasteiger partial charge in [0.1, 0.15) is 6.54 Å². The minimum Gasteiger partial charge on any atom is -0.480 e. The number of nitrogens with one attached hydrogen (secondary N) is 2. The molecule has 0 atom stereocenters. The predicted octanol–water partition coefficient (Wildman–Crippen LogP) is 1.25. The van der Waals surface area contributed by atoms with Crippen molar-refractivity contribution in [2.24, 2.45) is 0 Å². The molecule has 0 radical (unpaired) electrons. The summed E-state index contributed by atoms with van der Waals surface area (Å²) in [6.45, 7) is -0.437. The summed E-state index contributed by atoms with van der Waals surface area (Å²) in [7, 11) is 0. The average molecular weight is 263 g/mol. The quantitative estimate of drug-likeness (QED) is 0.765. The lowest BCUT2D eigenvalue weighted by molar-refractivity contribution is -0.135. The standard InChI is InChI=1S/C7H7BrN2O4/c8-4-1-2-5(14-4)10-7(13)9-3-6(11)12/h1-2H,3H2,(H,11,12)(H2,9,10,13). The van der Waals surface area contributed by atoms with Crippen LogP contribution in [0.4, 0.5) is 10.7 Å². The second kappa shape index (κ2) is 4.66. The number of carboxylic acid groups (broad SMARTS) is 1. The third-order valence-electron chi connectivity index (χ3n) is 1.21. The van der Waals surface area contributed by atoms with E-state index in [1.54, 1.807) is 6.07 Å². The zero-order chi connectivity index (χ0) is 10.6. The van der Waals surface area contributed by atoms with Gasteiger partial charge in [0.05, 0.1) is 0 Å². The van der Waals surface area contributed by atoms with Gasteiger partial charge in [-0.2, -0.15) is 0 Å². The van der Waals surface area contributed by atoms with Gasteiger partial charge < -0.3 is 14.8 Å². The normalized spacial score (nSPS) is 9.50. The largest absolute Gasteiger partial charge is 0.480 e. The molecule has 0 fully saturated rings. The molecule has 0 saturated heterocycles. The molecule has 1 aromatic heterocycles. The van der Waals surface area contributed by atoms with Crippen LogP contribution in [0.5, 0.6) is 0 Å². The Morgan fingerprint density at radius 1 is 1.50 bits per heavy atom. The first-order valence-corrected chi connectivity index (χ1v) is 4.39. The van der Waals surface area contributed by atoms with Crippen LogP contribution in [0, 0.1) is 0 Å². The molecular formula is C7H7BrN2O4. The topological polar surface area (TPSA) is 91.6 Å². The number of urea groups is 1. The van der Waals surface area contributed by atoms with E-state index in [0.29, 0.717) is 4.67 Å². The number of halogens is 1. The highest BCUT2D eigenvalue weighted by Gasteiger charge is 2.05. The van der Waals surface area contributed by atoms with Crippen molar-refractivity contribution in [3.63, 3.8) is 0 Å². The smallest absolute Gasteiger partial charge is 0.323 e. The first-order chi connectivity index (χ1) is 6.58. The molecule has 1 aromatic rings. The van der Waals surface area contributed by atoms with Crippen molar-refractivity contribution in [2.75, 3.05) is 11.9 Å². The van der Waals surface area contributed by atoms with E-state index in [2.05, 4.69) is 26.6 Å². The molecule has 0 unspecified atom stereocenters. The summed E-state index contributed by atoms with van der Waals surface area (Å²) in [6.07, 6.45) is 0. The van der Waals surface area contributed by atoms with Gasteiger partial charge in [-0.15, -0.1) is 0 Å². The van der Waals surface area contributed by atoms with Crippen molar-refractivity contribution >= 4 is 33.8 Å². The number of carbonyl (C=O) groups excluding carboxylic acids is 1. The van der Waals surface area contributed by atoms with E-state index in [1.807, 2.05) is 0 Å². The van der Waals surface area contributed by atoms with Gasteiger partial charge in [0.2, 0.25) is 5.88 Å². The van der Waals surface area contributed by atoms with Gasteiger partial charge in [-0.25, -0.2) is 4.79 Å². The number of rotatable bonds is 3. The maximum atomic E-state index is 11.0. The average Bonchev–Trinajstić information content (AvgIpc) is 2.48. The van der Waals surface area contributed by atoms with Gasteiger partial charge in [-0.1, -0.05) is 0 Å². The van der Waals surface area contributed by atoms with Crippen LogP contribution in [0.1, 0.15) is 0 Å². The summed E-state index contributed by atoms with van der Waals surface area (Å²) in [6, 6.07) is 2.51. The van der Waals surface area contributed by atoms with Gasteiger partial charge in [0.15, 0.2) is 4.67 Å². The van der Waals surface area contributed by atoms with Gasteiger partial charge in [0, 0.05) is 6.07 Å². The van der Waals surface area contributed by atoms with Crippen LogP contribution >= 0.6 is 15.9 Å². The maximum absolute atomic E-state index is 11.0. The summed E-state index contributed by atoms with van der Waals surface area (Å²) in [5, 5.41) is 12.7. The van der Waals surface area contributed by atoms with Crippen molar-refractivity contribution in [3.05, 3.63) is 16.8 Å². The van der Waals surface area contributed by atoms with E-state index in [1.165, 1.54) is 6.07 Å². The van der Waals surface area contributed by atoms with Crippen molar-refractivity contribution in [3.8, 4) is 0 Å². The van der Waals surface area contributed by atoms with Crippen LogP contribution in [0.2, 0.25) is 0 Å². The summed E-state index contributed by atoms with van der Waals surface area (Å²) in [4.78, 5) is 21.1. The van der Waals surface area contributed by atoms with Crippen molar-refractivity contribution in [1.29, 1.82) is 0 Å². The predicted molar refractivity (Wildman–Crippen MR) is 51.1 cm³/mol. The Morgan fingerprint density at radius 2 is 2.21 bits per heavy atom. The summed E-state index contributed by atoms with van der Waals surface area (Å²) in [5.41, 5.74) is 0. The number of aliphatic carboxylic acids is 1. The van der Waals surface area contributed by atoms with E-state index in [-0.39, 0.29) is 5.88 Å². The van der Waals surface area contributed by atoms with Crippen molar-refractivity contribution < 1.29 is 19.1 Å². The monoisotopic (exact) mass is 262 g/mol. The highest BCUT2D eigenvalue weighted by atomic mass is 79.9. The fourth-order valence-electron chi connectivity index (χ4n) is 0.693. The molecular weight excluding hydrogens is 256 g/mol. The van der Waals surface area contributed by atoms with E-state index in [4.69, 9.17) is 9.52 Å². The molecule has 6 nitrogen and oxygen atoms in total. The molecule has 1 rings (SSSR count). The number of hydrogen-bond acceptors (Lipinski definition) is 3. The van der Waals surface area contributed by atoms with Gasteiger partial charge in [-0.3, -0.25) is 10.1 Å². The molecule has 0 aliphatic heterocycles. The lowest BCUT2D eigenvalue weighted by Crippen LogP contribution is -2.32. The minimum atomic E-state index is -1.11. The first kappa shape index (κ1) is 10.6. The van der Waals surface area contributed by atoms with Crippen molar-refractivity contribution in [2.45, 2.75) is 0 Å². The number of hydrogen-bond donors (Lipinski definition) is 3. The lowest BCUT2D eigenvalue weighted by atomic mass is 10.6. The molecule has 0 aliphatic rings. The maximum Gasteiger partial charge on any atom is 0.323 e. The van der Waals surface area contributed by atoms with E-state index in [0.717, 1.165) is 0 Å². The Morgan fingerprint density at radius 3 is 2.71 bits per heavy atom. The third-order valence-corrected chi connectivity index (χ3v) is 1.64. The Balaban J connectivity index is 2.37. The molecule has 0 aromatic carbocycles. The third kappa shape index (κ3) is 3.48. The van der Waals surface area contributed by atoms with Gasteiger partial charge in [-0.05, 0) is 22.0 Å². The number of carboxylic acids is 1. The molecule has 1 heterocycles. The van der Waals surface area contributed by atoms with E-state index >= 15 is 0 Å². The minimum absolute atomic E-state index is 0.236. The molecule has 3 N–H and O–H groups in total. The fourth-order valence-corrected chi connectivity index (χ4v) is 1.00. The number of carbonyl (C=O) groups is 2. The first-order valence-electron chi connectivity index (χ1n) is 3.60. The zero-order valence-corrected chi connectivity index (χ0v) is 8.50. The summed E-state index contributed by atoms with van der Waals surface area (Å²) >= 11 is 3.05. The highest BCUT2D eigenvalue weighted by Crippen LogP contribution is 2.17. The molecule has 0 aliphatic carbocycles. The van der Waals surface area contributed by atoms with Gasteiger partial charge >= 0.3 is 12.0 Å². The van der Waals surface area contributed by atoms with Crippen LogP contribution in [-0.4, -0.2) is 23.7 Å². The molecule has 7 heteroatoms.